The SMILES string of the molecule is O=C(NCCCOCCO)c1ccc(-c2ccccc2Cl)o1. The lowest BCUT2D eigenvalue weighted by atomic mass is 10.2. The van der Waals surface area contributed by atoms with Gasteiger partial charge in [-0.25, -0.2) is 0 Å². The number of hydrogen-bond acceptors (Lipinski definition) is 4. The number of halogens is 1. The van der Waals surface area contributed by atoms with E-state index >= 15 is 0 Å². The highest BCUT2D eigenvalue weighted by molar-refractivity contribution is 6.33. The van der Waals surface area contributed by atoms with Gasteiger partial charge in [-0.1, -0.05) is 23.7 Å². The molecular weight excluding hydrogens is 306 g/mol. The minimum atomic E-state index is -0.277. The molecule has 2 N–H and O–H groups in total. The minimum absolute atomic E-state index is 0.00355. The van der Waals surface area contributed by atoms with Crippen LogP contribution in [0.4, 0.5) is 0 Å². The number of carbonyl (C=O) groups is 1. The number of rotatable bonds is 8. The number of carbonyl (C=O) groups excluding carboxylic acids is 1. The molecule has 0 unspecified atom stereocenters. The maximum absolute atomic E-state index is 11.9. The summed E-state index contributed by atoms with van der Waals surface area (Å²) < 4.78 is 10.7. The first-order valence-electron chi connectivity index (χ1n) is 7.04. The standard InChI is InChI=1S/C16H18ClNO4/c17-13-5-2-1-4-12(13)14-6-7-15(22-14)16(20)18-8-3-10-21-11-9-19/h1-2,4-7,19H,3,8-11H2,(H,18,20). The number of furan rings is 1. The zero-order valence-corrected chi connectivity index (χ0v) is 12.8. The zero-order chi connectivity index (χ0) is 15.8. The summed E-state index contributed by atoms with van der Waals surface area (Å²) in [7, 11) is 0. The van der Waals surface area contributed by atoms with Crippen LogP contribution in [0, 0.1) is 0 Å². The van der Waals surface area contributed by atoms with Crippen LogP contribution < -0.4 is 5.32 Å². The number of aliphatic hydroxyl groups excluding tert-OH is 1. The van der Waals surface area contributed by atoms with Crippen molar-refractivity contribution in [2.75, 3.05) is 26.4 Å². The fourth-order valence-corrected chi connectivity index (χ4v) is 2.12. The van der Waals surface area contributed by atoms with Gasteiger partial charge in [-0.3, -0.25) is 4.79 Å². The highest BCUT2D eigenvalue weighted by Gasteiger charge is 2.13. The lowest BCUT2D eigenvalue weighted by molar-refractivity contribution is 0.0856. The molecule has 0 saturated heterocycles. The summed E-state index contributed by atoms with van der Waals surface area (Å²) in [5.41, 5.74) is 0.751. The first kappa shape index (κ1) is 16.5. The van der Waals surface area contributed by atoms with Gasteiger partial charge in [-0.2, -0.15) is 0 Å². The number of benzene rings is 1. The number of ether oxygens (including phenoxy) is 1. The van der Waals surface area contributed by atoms with E-state index in [1.54, 1.807) is 18.2 Å². The maximum Gasteiger partial charge on any atom is 0.287 e. The lowest BCUT2D eigenvalue weighted by Crippen LogP contribution is -2.24. The number of hydrogen-bond donors (Lipinski definition) is 2. The van der Waals surface area contributed by atoms with Crippen LogP contribution in [0.3, 0.4) is 0 Å². The van der Waals surface area contributed by atoms with Crippen LogP contribution in [-0.4, -0.2) is 37.4 Å². The van der Waals surface area contributed by atoms with Gasteiger partial charge in [0, 0.05) is 18.7 Å². The van der Waals surface area contributed by atoms with E-state index in [-0.39, 0.29) is 18.3 Å². The van der Waals surface area contributed by atoms with Crippen molar-refractivity contribution in [3.05, 3.63) is 47.2 Å². The molecule has 2 rings (SSSR count). The van der Waals surface area contributed by atoms with Crippen LogP contribution in [0.25, 0.3) is 11.3 Å². The molecule has 1 aromatic heterocycles. The Balaban J connectivity index is 1.86. The van der Waals surface area contributed by atoms with Crippen LogP contribution in [0.5, 0.6) is 0 Å². The average Bonchev–Trinajstić information content (AvgIpc) is 3.01. The summed E-state index contributed by atoms with van der Waals surface area (Å²) in [6.07, 6.45) is 0.670. The van der Waals surface area contributed by atoms with Crippen molar-refractivity contribution in [3.63, 3.8) is 0 Å². The summed E-state index contributed by atoms with van der Waals surface area (Å²) in [6.45, 7) is 1.28. The Bertz CT molecular complexity index is 612. The van der Waals surface area contributed by atoms with Crippen LogP contribution in [0.15, 0.2) is 40.8 Å². The van der Waals surface area contributed by atoms with Crippen LogP contribution in [0.2, 0.25) is 5.02 Å². The van der Waals surface area contributed by atoms with Gasteiger partial charge in [0.05, 0.1) is 18.2 Å². The van der Waals surface area contributed by atoms with E-state index in [1.165, 1.54) is 0 Å². The van der Waals surface area contributed by atoms with Gasteiger partial charge in [-0.15, -0.1) is 0 Å². The van der Waals surface area contributed by atoms with E-state index < -0.39 is 0 Å². The van der Waals surface area contributed by atoms with E-state index in [1.807, 2.05) is 18.2 Å². The summed E-state index contributed by atoms with van der Waals surface area (Å²) in [5, 5.41) is 11.9. The largest absolute Gasteiger partial charge is 0.451 e. The van der Waals surface area contributed by atoms with Crippen LogP contribution in [0.1, 0.15) is 17.0 Å². The topological polar surface area (TPSA) is 71.7 Å². The fraction of sp³-hybridized carbons (Fsp3) is 0.312. The van der Waals surface area contributed by atoms with Crippen LogP contribution in [-0.2, 0) is 4.74 Å². The van der Waals surface area contributed by atoms with E-state index in [4.69, 9.17) is 25.9 Å². The molecule has 2 aromatic rings. The molecule has 0 aliphatic carbocycles. The van der Waals surface area contributed by atoms with Crippen molar-refractivity contribution in [3.8, 4) is 11.3 Å². The molecule has 1 amide bonds. The summed E-state index contributed by atoms with van der Waals surface area (Å²) in [6, 6.07) is 10.6. The Hall–Kier alpha value is -1.82. The molecule has 1 heterocycles. The third-order valence-electron chi connectivity index (χ3n) is 2.96. The van der Waals surface area contributed by atoms with Gasteiger partial charge >= 0.3 is 0 Å². The summed E-state index contributed by atoms with van der Waals surface area (Å²) >= 11 is 6.10. The normalized spacial score (nSPS) is 10.6. The molecule has 0 aliphatic rings. The quantitative estimate of drug-likeness (QED) is 0.733. The van der Waals surface area contributed by atoms with Crippen molar-refractivity contribution >= 4 is 17.5 Å². The molecule has 1 aromatic carbocycles. The van der Waals surface area contributed by atoms with Crippen molar-refractivity contribution in [1.82, 2.24) is 5.32 Å². The van der Waals surface area contributed by atoms with Gasteiger partial charge in [0.1, 0.15) is 5.76 Å². The molecule has 0 saturated carbocycles. The van der Waals surface area contributed by atoms with Crippen molar-refractivity contribution in [2.45, 2.75) is 6.42 Å². The maximum atomic E-state index is 11.9. The second-order valence-electron chi connectivity index (χ2n) is 4.59. The molecular formula is C16H18ClNO4. The Labute approximate surface area is 133 Å². The Morgan fingerprint density at radius 2 is 2.05 bits per heavy atom. The molecule has 0 spiro atoms. The second kappa shape index (κ2) is 8.58. The molecule has 5 nitrogen and oxygen atoms in total. The van der Waals surface area contributed by atoms with Gasteiger partial charge in [0.15, 0.2) is 5.76 Å². The van der Waals surface area contributed by atoms with Gasteiger partial charge in [0.2, 0.25) is 0 Å². The van der Waals surface area contributed by atoms with E-state index in [0.29, 0.717) is 37.0 Å². The van der Waals surface area contributed by atoms with Crippen molar-refractivity contribution in [1.29, 1.82) is 0 Å². The first-order valence-corrected chi connectivity index (χ1v) is 7.41. The molecule has 22 heavy (non-hydrogen) atoms. The highest BCUT2D eigenvalue weighted by atomic mass is 35.5. The fourth-order valence-electron chi connectivity index (χ4n) is 1.90. The predicted octanol–water partition coefficient (Wildman–Crippen LogP) is 2.73. The van der Waals surface area contributed by atoms with Gasteiger partial charge in [-0.05, 0) is 30.7 Å². The molecule has 0 atom stereocenters. The average molecular weight is 324 g/mol. The van der Waals surface area contributed by atoms with E-state index in [2.05, 4.69) is 5.32 Å². The molecule has 0 radical (unpaired) electrons. The van der Waals surface area contributed by atoms with Gasteiger partial charge < -0.3 is 19.6 Å². The van der Waals surface area contributed by atoms with Crippen molar-refractivity contribution < 1.29 is 19.1 Å². The Morgan fingerprint density at radius 1 is 1.23 bits per heavy atom. The molecule has 0 fully saturated rings. The lowest BCUT2D eigenvalue weighted by Gasteiger charge is -2.04. The third-order valence-corrected chi connectivity index (χ3v) is 3.29. The molecule has 118 valence electrons. The number of aliphatic hydroxyl groups is 1. The second-order valence-corrected chi connectivity index (χ2v) is 5.00. The van der Waals surface area contributed by atoms with E-state index in [9.17, 15) is 4.79 Å². The summed E-state index contributed by atoms with van der Waals surface area (Å²) in [5.74, 6) is 0.522. The van der Waals surface area contributed by atoms with Gasteiger partial charge in [0.25, 0.3) is 5.91 Å². The highest BCUT2D eigenvalue weighted by Crippen LogP contribution is 2.28. The van der Waals surface area contributed by atoms with Crippen molar-refractivity contribution in [2.24, 2.45) is 0 Å². The first-order chi connectivity index (χ1) is 10.7. The monoisotopic (exact) mass is 323 g/mol. The Morgan fingerprint density at radius 3 is 2.82 bits per heavy atom. The molecule has 0 bridgehead atoms. The molecule has 6 heteroatoms. The third kappa shape index (κ3) is 4.59. The number of amides is 1. The Kier molecular flexibility index (Phi) is 6.45. The smallest absolute Gasteiger partial charge is 0.287 e. The number of nitrogens with one attached hydrogen (secondary N) is 1. The summed E-state index contributed by atoms with van der Waals surface area (Å²) in [4.78, 5) is 11.9. The van der Waals surface area contributed by atoms with E-state index in [0.717, 1.165) is 5.56 Å². The predicted molar refractivity (Wildman–Crippen MR) is 84.0 cm³/mol. The zero-order valence-electron chi connectivity index (χ0n) is 12.0. The van der Waals surface area contributed by atoms with Crippen LogP contribution >= 0.6 is 11.6 Å². The minimum Gasteiger partial charge on any atom is -0.451 e. The molecule has 0 aliphatic heterocycles.